The van der Waals surface area contributed by atoms with Gasteiger partial charge in [-0.25, -0.2) is 0 Å². The highest BCUT2D eigenvalue weighted by Gasteiger charge is 2.18. The average molecular weight is 360 g/mol. The zero-order chi connectivity index (χ0) is 18.7. The number of aromatic amines is 1. The molecular weight excluding hydrogens is 340 g/mol. The predicted octanol–water partition coefficient (Wildman–Crippen LogP) is 6.79. The number of hydrogen-bond acceptors (Lipinski definition) is 0. The van der Waals surface area contributed by atoms with Crippen LogP contribution in [0, 0.1) is 6.92 Å². The smallest absolute Gasteiger partial charge is 0.0742 e. The fourth-order valence-electron chi connectivity index (χ4n) is 4.68. The second kappa shape index (κ2) is 5.74. The standard InChI is InChI=1S/C26H20N2/c1-17-15-21-19-11-5-7-13-22(19)27-25(21)26-24(17)20-12-6-8-14-23(20)28(26)16-18-9-3-2-4-10-18/h2-15,27H,16H2,1H3. The van der Waals surface area contributed by atoms with Crippen LogP contribution in [0.2, 0.25) is 0 Å². The van der Waals surface area contributed by atoms with Crippen molar-refractivity contribution in [1.29, 1.82) is 0 Å². The number of benzene rings is 4. The van der Waals surface area contributed by atoms with E-state index in [2.05, 4.69) is 101 Å². The molecule has 0 aliphatic rings. The summed E-state index contributed by atoms with van der Waals surface area (Å²) in [5.41, 5.74) is 7.66. The molecule has 6 aromatic rings. The Labute approximate surface area is 163 Å². The normalized spacial score (nSPS) is 11.9. The number of rotatable bonds is 2. The molecule has 0 fully saturated rings. The van der Waals surface area contributed by atoms with E-state index < -0.39 is 0 Å². The maximum Gasteiger partial charge on any atom is 0.0742 e. The van der Waals surface area contributed by atoms with Gasteiger partial charge in [-0.15, -0.1) is 0 Å². The molecule has 0 aliphatic heterocycles. The van der Waals surface area contributed by atoms with Crippen LogP contribution < -0.4 is 0 Å². The zero-order valence-corrected chi connectivity index (χ0v) is 15.7. The number of aryl methyl sites for hydroxylation is 1. The number of H-pyrrole nitrogens is 1. The second-order valence-corrected chi connectivity index (χ2v) is 7.60. The summed E-state index contributed by atoms with van der Waals surface area (Å²) >= 11 is 0. The van der Waals surface area contributed by atoms with E-state index in [0.29, 0.717) is 0 Å². The Hall–Kier alpha value is -3.52. The van der Waals surface area contributed by atoms with Crippen molar-refractivity contribution in [1.82, 2.24) is 9.55 Å². The second-order valence-electron chi connectivity index (χ2n) is 7.60. The first kappa shape index (κ1) is 15.5. The van der Waals surface area contributed by atoms with E-state index in [1.165, 1.54) is 54.7 Å². The number of aromatic nitrogens is 2. The first-order chi connectivity index (χ1) is 13.8. The summed E-state index contributed by atoms with van der Waals surface area (Å²) in [5, 5.41) is 5.27. The molecule has 2 heterocycles. The first-order valence-electron chi connectivity index (χ1n) is 9.76. The molecule has 2 aromatic heterocycles. The van der Waals surface area contributed by atoms with Crippen molar-refractivity contribution in [2.75, 3.05) is 0 Å². The molecule has 0 saturated heterocycles. The van der Waals surface area contributed by atoms with Crippen molar-refractivity contribution < 1.29 is 0 Å². The minimum absolute atomic E-state index is 0.860. The SMILES string of the molecule is Cc1cc2c3ccccc3[nH]c2c2c1c1ccccc1n2Cc1ccccc1. The molecular formula is C26H20N2. The van der Waals surface area contributed by atoms with Crippen molar-refractivity contribution in [2.45, 2.75) is 13.5 Å². The van der Waals surface area contributed by atoms with E-state index in [9.17, 15) is 0 Å². The number of nitrogens with zero attached hydrogens (tertiary/aromatic N) is 1. The highest BCUT2D eigenvalue weighted by atomic mass is 15.0. The average Bonchev–Trinajstić information content (AvgIpc) is 3.26. The highest BCUT2D eigenvalue weighted by Crippen LogP contribution is 2.39. The minimum atomic E-state index is 0.860. The van der Waals surface area contributed by atoms with E-state index in [-0.39, 0.29) is 0 Å². The topological polar surface area (TPSA) is 20.7 Å². The van der Waals surface area contributed by atoms with Crippen LogP contribution in [0.25, 0.3) is 43.6 Å². The summed E-state index contributed by atoms with van der Waals surface area (Å²) in [6.07, 6.45) is 0. The molecule has 0 atom stereocenters. The Morgan fingerprint density at radius 2 is 1.46 bits per heavy atom. The van der Waals surface area contributed by atoms with Gasteiger partial charge < -0.3 is 9.55 Å². The Morgan fingerprint density at radius 3 is 2.32 bits per heavy atom. The van der Waals surface area contributed by atoms with Crippen LogP contribution in [-0.4, -0.2) is 9.55 Å². The molecule has 0 saturated carbocycles. The molecule has 0 aliphatic carbocycles. The van der Waals surface area contributed by atoms with Crippen LogP contribution in [0.4, 0.5) is 0 Å². The van der Waals surface area contributed by atoms with Crippen molar-refractivity contribution in [3.05, 3.63) is 96.1 Å². The van der Waals surface area contributed by atoms with Gasteiger partial charge in [0.05, 0.1) is 11.0 Å². The quantitative estimate of drug-likeness (QED) is 0.351. The maximum atomic E-state index is 3.71. The van der Waals surface area contributed by atoms with Gasteiger partial charge in [0, 0.05) is 39.1 Å². The van der Waals surface area contributed by atoms with Crippen molar-refractivity contribution in [3.8, 4) is 0 Å². The van der Waals surface area contributed by atoms with Crippen LogP contribution in [0.5, 0.6) is 0 Å². The van der Waals surface area contributed by atoms with E-state index in [4.69, 9.17) is 0 Å². The van der Waals surface area contributed by atoms with Crippen LogP contribution in [0.1, 0.15) is 11.1 Å². The first-order valence-corrected chi connectivity index (χ1v) is 9.76. The summed E-state index contributed by atoms with van der Waals surface area (Å²) in [5.74, 6) is 0. The van der Waals surface area contributed by atoms with Crippen LogP contribution in [0.15, 0.2) is 84.9 Å². The monoisotopic (exact) mass is 360 g/mol. The number of hydrogen-bond donors (Lipinski definition) is 1. The lowest BCUT2D eigenvalue weighted by molar-refractivity contribution is 0.871. The third-order valence-electron chi connectivity index (χ3n) is 5.89. The number of para-hydroxylation sites is 2. The van der Waals surface area contributed by atoms with Gasteiger partial charge in [-0.1, -0.05) is 66.7 Å². The summed E-state index contributed by atoms with van der Waals surface area (Å²) in [7, 11) is 0. The molecule has 0 radical (unpaired) electrons. The van der Waals surface area contributed by atoms with Crippen molar-refractivity contribution >= 4 is 43.6 Å². The zero-order valence-electron chi connectivity index (χ0n) is 15.7. The summed E-state index contributed by atoms with van der Waals surface area (Å²) < 4.78 is 2.48. The lowest BCUT2D eigenvalue weighted by Crippen LogP contribution is -1.99. The fraction of sp³-hybridized carbons (Fsp3) is 0.0769. The maximum absolute atomic E-state index is 3.71. The molecule has 2 nitrogen and oxygen atoms in total. The van der Waals surface area contributed by atoms with Gasteiger partial charge in [0.15, 0.2) is 0 Å². The predicted molar refractivity (Wildman–Crippen MR) is 119 cm³/mol. The molecule has 0 unspecified atom stereocenters. The van der Waals surface area contributed by atoms with Gasteiger partial charge in [-0.2, -0.15) is 0 Å². The Kier molecular flexibility index (Phi) is 3.18. The Balaban J connectivity index is 1.82. The van der Waals surface area contributed by atoms with E-state index in [1.807, 2.05) is 0 Å². The molecule has 6 rings (SSSR count). The van der Waals surface area contributed by atoms with Crippen LogP contribution in [-0.2, 0) is 6.54 Å². The number of nitrogens with one attached hydrogen (secondary N) is 1. The van der Waals surface area contributed by atoms with Crippen molar-refractivity contribution in [3.63, 3.8) is 0 Å². The molecule has 28 heavy (non-hydrogen) atoms. The molecule has 4 aromatic carbocycles. The Morgan fingerprint density at radius 1 is 0.750 bits per heavy atom. The third-order valence-corrected chi connectivity index (χ3v) is 5.89. The van der Waals surface area contributed by atoms with E-state index >= 15 is 0 Å². The van der Waals surface area contributed by atoms with Gasteiger partial charge in [-0.3, -0.25) is 0 Å². The lowest BCUT2D eigenvalue weighted by atomic mass is 10.0. The van der Waals surface area contributed by atoms with Gasteiger partial charge in [0.2, 0.25) is 0 Å². The fourth-order valence-corrected chi connectivity index (χ4v) is 4.68. The van der Waals surface area contributed by atoms with Crippen LogP contribution in [0.3, 0.4) is 0 Å². The van der Waals surface area contributed by atoms with Gasteiger partial charge >= 0.3 is 0 Å². The highest BCUT2D eigenvalue weighted by molar-refractivity contribution is 6.23. The Bertz CT molecular complexity index is 1480. The molecule has 2 heteroatoms. The third kappa shape index (κ3) is 2.09. The minimum Gasteiger partial charge on any atom is -0.353 e. The van der Waals surface area contributed by atoms with Gasteiger partial charge in [0.1, 0.15) is 0 Å². The summed E-state index contributed by atoms with van der Waals surface area (Å²) in [6.45, 7) is 3.10. The van der Waals surface area contributed by atoms with Crippen molar-refractivity contribution in [2.24, 2.45) is 0 Å². The van der Waals surface area contributed by atoms with E-state index in [1.54, 1.807) is 0 Å². The number of fused-ring (bicyclic) bond motifs is 7. The summed E-state index contributed by atoms with van der Waals surface area (Å²) in [4.78, 5) is 3.71. The largest absolute Gasteiger partial charge is 0.353 e. The molecule has 0 spiro atoms. The molecule has 0 amide bonds. The van der Waals surface area contributed by atoms with Gasteiger partial charge in [-0.05, 0) is 36.2 Å². The molecule has 0 bridgehead atoms. The molecule has 1 N–H and O–H groups in total. The summed E-state index contributed by atoms with van der Waals surface area (Å²) in [6, 6.07) is 30.4. The van der Waals surface area contributed by atoms with Crippen LogP contribution >= 0.6 is 0 Å². The van der Waals surface area contributed by atoms with Gasteiger partial charge in [0.25, 0.3) is 0 Å². The lowest BCUT2D eigenvalue weighted by Gasteiger charge is -2.09. The molecule has 134 valence electrons. The van der Waals surface area contributed by atoms with E-state index in [0.717, 1.165) is 6.54 Å².